The zero-order valence-corrected chi connectivity index (χ0v) is 9.57. The Morgan fingerprint density at radius 3 is 3.00 bits per heavy atom. The molecule has 1 aliphatic heterocycles. The topological polar surface area (TPSA) is 56.3 Å². The molecule has 0 radical (unpaired) electrons. The van der Waals surface area contributed by atoms with Crippen LogP contribution in [0.5, 0.6) is 0 Å². The fraction of sp³-hybridized carbons (Fsp3) is 0.583. The Morgan fingerprint density at radius 1 is 1.50 bits per heavy atom. The quantitative estimate of drug-likeness (QED) is 0.754. The van der Waals surface area contributed by atoms with E-state index in [2.05, 4.69) is 4.98 Å². The summed E-state index contributed by atoms with van der Waals surface area (Å²) in [7, 11) is 0. The van der Waals surface area contributed by atoms with Crippen molar-refractivity contribution in [3.05, 3.63) is 24.0 Å². The highest BCUT2D eigenvalue weighted by molar-refractivity contribution is 5.92. The summed E-state index contributed by atoms with van der Waals surface area (Å²) in [4.78, 5) is 16.8. The first-order chi connectivity index (χ1) is 7.58. The Kier molecular flexibility index (Phi) is 3.01. The second-order valence-electron chi connectivity index (χ2n) is 4.73. The largest absolute Gasteiger partial charge is 0.390 e. The fourth-order valence-electron chi connectivity index (χ4n) is 2.10. The third-order valence-corrected chi connectivity index (χ3v) is 3.18. The highest BCUT2D eigenvalue weighted by Gasteiger charge is 2.27. The molecule has 0 saturated carbocycles. The van der Waals surface area contributed by atoms with Crippen LogP contribution in [0.25, 0.3) is 0 Å². The maximum Gasteiger partial charge on any atom is 0.270 e. The molecule has 0 bridgehead atoms. The maximum absolute atomic E-state index is 12.0. The number of nitrogens with zero attached hydrogens (tertiary/aromatic N) is 1. The first-order valence-electron chi connectivity index (χ1n) is 5.73. The summed E-state index contributed by atoms with van der Waals surface area (Å²) in [6.07, 6.45) is 4.03. The third-order valence-electron chi connectivity index (χ3n) is 3.18. The first-order valence-corrected chi connectivity index (χ1v) is 5.73. The van der Waals surface area contributed by atoms with Gasteiger partial charge < -0.3 is 15.0 Å². The molecular formula is C12H18N2O2. The molecule has 2 heterocycles. The van der Waals surface area contributed by atoms with Gasteiger partial charge in [-0.25, -0.2) is 0 Å². The van der Waals surface area contributed by atoms with Crippen LogP contribution in [0.15, 0.2) is 18.3 Å². The van der Waals surface area contributed by atoms with Crippen LogP contribution in [0.2, 0.25) is 0 Å². The number of nitrogens with one attached hydrogen (secondary N) is 1. The lowest BCUT2D eigenvalue weighted by atomic mass is 9.98. The molecule has 2 rings (SSSR count). The summed E-state index contributed by atoms with van der Waals surface area (Å²) in [5, 5.41) is 9.94. The number of aromatic nitrogens is 1. The van der Waals surface area contributed by atoms with E-state index in [1.54, 1.807) is 12.3 Å². The van der Waals surface area contributed by atoms with E-state index in [0.717, 1.165) is 19.4 Å². The van der Waals surface area contributed by atoms with E-state index in [1.807, 2.05) is 17.9 Å². The van der Waals surface area contributed by atoms with Crippen molar-refractivity contribution < 1.29 is 9.90 Å². The number of aromatic amines is 1. The molecule has 1 aromatic heterocycles. The standard InChI is InChI=1S/C12H18N2O2/c1-12(16)5-3-8-14(9-6-12)11(15)10-4-2-7-13-10/h2,4,7,13,16H,3,5-6,8-9H2,1H3. The Morgan fingerprint density at radius 2 is 2.31 bits per heavy atom. The summed E-state index contributed by atoms with van der Waals surface area (Å²) >= 11 is 0. The molecular weight excluding hydrogens is 204 g/mol. The molecule has 0 spiro atoms. The van der Waals surface area contributed by atoms with Crippen molar-refractivity contribution in [1.82, 2.24) is 9.88 Å². The first kappa shape index (κ1) is 11.2. The molecule has 88 valence electrons. The maximum atomic E-state index is 12.0. The van der Waals surface area contributed by atoms with E-state index in [4.69, 9.17) is 0 Å². The van der Waals surface area contributed by atoms with Crippen molar-refractivity contribution in [2.75, 3.05) is 13.1 Å². The molecule has 4 nitrogen and oxygen atoms in total. The number of carbonyl (C=O) groups excluding carboxylic acids is 1. The van der Waals surface area contributed by atoms with Crippen molar-refractivity contribution in [2.45, 2.75) is 31.8 Å². The van der Waals surface area contributed by atoms with Gasteiger partial charge in [-0.05, 0) is 38.3 Å². The summed E-state index contributed by atoms with van der Waals surface area (Å²) in [5.74, 6) is 0.0303. The Balaban J connectivity index is 2.03. The van der Waals surface area contributed by atoms with Crippen LogP contribution in [0.4, 0.5) is 0 Å². The second kappa shape index (κ2) is 4.29. The van der Waals surface area contributed by atoms with Gasteiger partial charge in [-0.2, -0.15) is 0 Å². The lowest BCUT2D eigenvalue weighted by molar-refractivity contribution is 0.0437. The summed E-state index contributed by atoms with van der Waals surface area (Å²) < 4.78 is 0. The number of hydrogen-bond donors (Lipinski definition) is 2. The lowest BCUT2D eigenvalue weighted by Crippen LogP contribution is -2.33. The normalized spacial score (nSPS) is 26.5. The summed E-state index contributed by atoms with van der Waals surface area (Å²) in [6, 6.07) is 3.60. The predicted molar refractivity (Wildman–Crippen MR) is 61.2 cm³/mol. The molecule has 0 aromatic carbocycles. The average Bonchev–Trinajstić information content (AvgIpc) is 2.69. The second-order valence-corrected chi connectivity index (χ2v) is 4.73. The Bertz CT molecular complexity index is 357. The van der Waals surface area contributed by atoms with E-state index in [9.17, 15) is 9.90 Å². The fourth-order valence-corrected chi connectivity index (χ4v) is 2.10. The third kappa shape index (κ3) is 2.44. The molecule has 1 amide bonds. The van der Waals surface area contributed by atoms with Crippen LogP contribution in [0.3, 0.4) is 0 Å². The molecule has 1 atom stereocenters. The van der Waals surface area contributed by atoms with Crippen LogP contribution in [0.1, 0.15) is 36.7 Å². The van der Waals surface area contributed by atoms with Crippen LogP contribution in [0, 0.1) is 0 Å². The highest BCUT2D eigenvalue weighted by atomic mass is 16.3. The van der Waals surface area contributed by atoms with Crippen molar-refractivity contribution in [3.63, 3.8) is 0 Å². The van der Waals surface area contributed by atoms with Crippen molar-refractivity contribution in [2.24, 2.45) is 0 Å². The van der Waals surface area contributed by atoms with Gasteiger partial charge >= 0.3 is 0 Å². The molecule has 1 aromatic rings. The molecule has 16 heavy (non-hydrogen) atoms. The van der Waals surface area contributed by atoms with Crippen molar-refractivity contribution >= 4 is 5.91 Å². The van der Waals surface area contributed by atoms with Gasteiger partial charge in [-0.1, -0.05) is 0 Å². The van der Waals surface area contributed by atoms with E-state index < -0.39 is 5.60 Å². The van der Waals surface area contributed by atoms with Crippen LogP contribution < -0.4 is 0 Å². The van der Waals surface area contributed by atoms with Gasteiger partial charge in [0.05, 0.1) is 5.60 Å². The Labute approximate surface area is 95.3 Å². The molecule has 1 saturated heterocycles. The minimum Gasteiger partial charge on any atom is -0.390 e. The average molecular weight is 222 g/mol. The molecule has 2 N–H and O–H groups in total. The molecule has 0 aliphatic carbocycles. The predicted octanol–water partition coefficient (Wildman–Crippen LogP) is 1.39. The SMILES string of the molecule is CC1(O)CCCN(C(=O)c2ccc[nH]2)CC1. The van der Waals surface area contributed by atoms with Gasteiger partial charge in [0.1, 0.15) is 5.69 Å². The summed E-state index contributed by atoms with van der Waals surface area (Å²) in [6.45, 7) is 3.20. The van der Waals surface area contributed by atoms with Gasteiger partial charge in [0, 0.05) is 19.3 Å². The Hall–Kier alpha value is -1.29. The van der Waals surface area contributed by atoms with Crippen LogP contribution in [-0.2, 0) is 0 Å². The number of rotatable bonds is 1. The van der Waals surface area contributed by atoms with Gasteiger partial charge in [0.2, 0.25) is 0 Å². The number of amides is 1. The summed E-state index contributed by atoms with van der Waals surface area (Å²) in [5.41, 5.74) is 0.00616. The number of carbonyl (C=O) groups is 1. The van der Waals surface area contributed by atoms with Crippen molar-refractivity contribution in [1.29, 1.82) is 0 Å². The van der Waals surface area contributed by atoms with Crippen LogP contribution >= 0.6 is 0 Å². The van der Waals surface area contributed by atoms with Crippen molar-refractivity contribution in [3.8, 4) is 0 Å². The van der Waals surface area contributed by atoms with Crippen LogP contribution in [-0.4, -0.2) is 39.6 Å². The smallest absolute Gasteiger partial charge is 0.270 e. The highest BCUT2D eigenvalue weighted by Crippen LogP contribution is 2.22. The molecule has 4 heteroatoms. The van der Waals surface area contributed by atoms with Gasteiger partial charge in [-0.15, -0.1) is 0 Å². The van der Waals surface area contributed by atoms with E-state index in [-0.39, 0.29) is 5.91 Å². The van der Waals surface area contributed by atoms with E-state index >= 15 is 0 Å². The van der Waals surface area contributed by atoms with E-state index in [0.29, 0.717) is 18.7 Å². The number of likely N-dealkylation sites (tertiary alicyclic amines) is 1. The molecule has 1 aliphatic rings. The molecule has 1 fully saturated rings. The minimum atomic E-state index is -0.620. The lowest BCUT2D eigenvalue weighted by Gasteiger charge is -2.22. The number of H-pyrrole nitrogens is 1. The monoisotopic (exact) mass is 222 g/mol. The van der Waals surface area contributed by atoms with Gasteiger partial charge in [0.25, 0.3) is 5.91 Å². The zero-order chi connectivity index (χ0) is 11.6. The van der Waals surface area contributed by atoms with E-state index in [1.165, 1.54) is 0 Å². The number of aliphatic hydroxyl groups is 1. The van der Waals surface area contributed by atoms with Gasteiger partial charge in [-0.3, -0.25) is 4.79 Å². The van der Waals surface area contributed by atoms with Gasteiger partial charge in [0.15, 0.2) is 0 Å². The minimum absolute atomic E-state index is 0.0303. The zero-order valence-electron chi connectivity index (χ0n) is 9.57. The molecule has 1 unspecified atom stereocenters. The number of hydrogen-bond acceptors (Lipinski definition) is 2.